The van der Waals surface area contributed by atoms with Gasteiger partial charge in [-0.05, 0) is 32.9 Å². The number of likely N-dealkylation sites (N-methyl/N-ethyl adjacent to an activating group) is 1. The van der Waals surface area contributed by atoms with Crippen LogP contribution in [0.4, 0.5) is 5.88 Å². The van der Waals surface area contributed by atoms with Crippen molar-refractivity contribution in [1.82, 2.24) is 14.7 Å². The molecule has 8 nitrogen and oxygen atoms in total. The highest BCUT2D eigenvalue weighted by atomic mass is 16.6. The standard InChI is InChI=1S/C16H20N4O4/c1-5-19-12(3)14(11(2)17-19)10-18(4)15(21)8-6-13-7-9-16(24-13)20(22)23/h6-9H,5,10H2,1-4H3/b8-6+. The van der Waals surface area contributed by atoms with Crippen LogP contribution >= 0.6 is 0 Å². The molecule has 0 radical (unpaired) electrons. The van der Waals surface area contributed by atoms with Crippen LogP contribution < -0.4 is 0 Å². The molecule has 2 aromatic heterocycles. The fourth-order valence-corrected chi connectivity index (χ4v) is 2.40. The molecule has 8 heteroatoms. The zero-order valence-corrected chi connectivity index (χ0v) is 14.1. The Morgan fingerprint density at radius 2 is 2.17 bits per heavy atom. The van der Waals surface area contributed by atoms with Crippen molar-refractivity contribution in [3.63, 3.8) is 0 Å². The van der Waals surface area contributed by atoms with Gasteiger partial charge in [0.05, 0.1) is 11.8 Å². The zero-order valence-electron chi connectivity index (χ0n) is 14.1. The summed E-state index contributed by atoms with van der Waals surface area (Å²) >= 11 is 0. The van der Waals surface area contributed by atoms with Gasteiger partial charge < -0.3 is 9.32 Å². The smallest absolute Gasteiger partial charge is 0.401 e. The van der Waals surface area contributed by atoms with Crippen molar-refractivity contribution in [1.29, 1.82) is 0 Å². The molecule has 2 heterocycles. The molecule has 1 amide bonds. The second-order valence-corrected chi connectivity index (χ2v) is 5.43. The molecule has 2 rings (SSSR count). The highest BCUT2D eigenvalue weighted by Crippen LogP contribution is 2.18. The Kier molecular flexibility index (Phi) is 5.18. The van der Waals surface area contributed by atoms with E-state index in [4.69, 9.17) is 4.42 Å². The molecule has 128 valence electrons. The number of amides is 1. The first kappa shape index (κ1) is 17.5. The monoisotopic (exact) mass is 332 g/mol. The first-order valence-electron chi connectivity index (χ1n) is 7.53. The van der Waals surface area contributed by atoms with Crippen LogP contribution in [-0.2, 0) is 17.9 Å². The second-order valence-electron chi connectivity index (χ2n) is 5.43. The van der Waals surface area contributed by atoms with E-state index in [0.29, 0.717) is 6.54 Å². The molecular formula is C16H20N4O4. The molecule has 0 aromatic carbocycles. The van der Waals surface area contributed by atoms with E-state index in [2.05, 4.69) is 5.10 Å². The summed E-state index contributed by atoms with van der Waals surface area (Å²) in [5, 5.41) is 15.0. The van der Waals surface area contributed by atoms with E-state index in [0.717, 1.165) is 23.5 Å². The van der Waals surface area contributed by atoms with Crippen LogP contribution in [0.2, 0.25) is 0 Å². The second kappa shape index (κ2) is 7.12. The minimum Gasteiger partial charge on any atom is -0.401 e. The average Bonchev–Trinajstić information content (AvgIpc) is 3.12. The minimum atomic E-state index is -0.623. The third-order valence-corrected chi connectivity index (χ3v) is 3.79. The van der Waals surface area contributed by atoms with E-state index >= 15 is 0 Å². The van der Waals surface area contributed by atoms with Crippen molar-refractivity contribution in [2.75, 3.05) is 7.05 Å². The summed E-state index contributed by atoms with van der Waals surface area (Å²) in [6.07, 6.45) is 2.75. The van der Waals surface area contributed by atoms with Crippen molar-refractivity contribution in [3.8, 4) is 0 Å². The van der Waals surface area contributed by atoms with Gasteiger partial charge in [0, 0.05) is 37.5 Å². The molecule has 0 spiro atoms. The number of hydrogen-bond acceptors (Lipinski definition) is 5. The van der Waals surface area contributed by atoms with Crippen LogP contribution in [0.15, 0.2) is 22.6 Å². The summed E-state index contributed by atoms with van der Waals surface area (Å²) in [6.45, 7) is 7.14. The predicted molar refractivity (Wildman–Crippen MR) is 88.2 cm³/mol. The molecule has 2 aromatic rings. The normalized spacial score (nSPS) is 11.2. The molecule has 24 heavy (non-hydrogen) atoms. The van der Waals surface area contributed by atoms with Gasteiger partial charge in [-0.1, -0.05) is 0 Å². The van der Waals surface area contributed by atoms with E-state index in [1.54, 1.807) is 11.9 Å². The van der Waals surface area contributed by atoms with E-state index in [9.17, 15) is 14.9 Å². The van der Waals surface area contributed by atoms with Crippen molar-refractivity contribution < 1.29 is 14.1 Å². The summed E-state index contributed by atoms with van der Waals surface area (Å²) < 4.78 is 6.88. The fourth-order valence-electron chi connectivity index (χ4n) is 2.40. The van der Waals surface area contributed by atoms with Gasteiger partial charge in [0.15, 0.2) is 0 Å². The summed E-state index contributed by atoms with van der Waals surface area (Å²) in [6, 6.07) is 2.70. The molecular weight excluding hydrogens is 312 g/mol. The lowest BCUT2D eigenvalue weighted by Gasteiger charge is -2.15. The van der Waals surface area contributed by atoms with Gasteiger partial charge in [0.1, 0.15) is 10.7 Å². The first-order valence-corrected chi connectivity index (χ1v) is 7.53. The zero-order chi connectivity index (χ0) is 17.9. The predicted octanol–water partition coefficient (Wildman–Crippen LogP) is 2.69. The van der Waals surface area contributed by atoms with Gasteiger partial charge in [0.25, 0.3) is 0 Å². The Bertz CT molecular complexity index is 788. The number of carbonyl (C=O) groups is 1. The molecule has 0 saturated heterocycles. The quantitative estimate of drug-likeness (QED) is 0.460. The van der Waals surface area contributed by atoms with Gasteiger partial charge in [-0.2, -0.15) is 5.10 Å². The Morgan fingerprint density at radius 3 is 2.71 bits per heavy atom. The lowest BCUT2D eigenvalue weighted by atomic mass is 10.2. The van der Waals surface area contributed by atoms with Crippen LogP contribution in [0.5, 0.6) is 0 Å². The minimum absolute atomic E-state index is 0.225. The van der Waals surface area contributed by atoms with Gasteiger partial charge in [-0.25, -0.2) is 0 Å². The van der Waals surface area contributed by atoms with E-state index < -0.39 is 4.92 Å². The third-order valence-electron chi connectivity index (χ3n) is 3.79. The molecule has 0 fully saturated rings. The lowest BCUT2D eigenvalue weighted by molar-refractivity contribution is -0.402. The van der Waals surface area contributed by atoms with Crippen LogP contribution in [-0.4, -0.2) is 32.6 Å². The van der Waals surface area contributed by atoms with Gasteiger partial charge >= 0.3 is 5.88 Å². The van der Waals surface area contributed by atoms with Crippen molar-refractivity contribution in [2.24, 2.45) is 0 Å². The van der Waals surface area contributed by atoms with Crippen LogP contribution in [0.3, 0.4) is 0 Å². The third kappa shape index (κ3) is 3.70. The number of aryl methyl sites for hydroxylation is 2. The summed E-state index contributed by atoms with van der Waals surface area (Å²) in [4.78, 5) is 23.7. The molecule has 0 N–H and O–H groups in total. The molecule has 0 bridgehead atoms. The Balaban J connectivity index is 2.05. The van der Waals surface area contributed by atoms with Gasteiger partial charge in [-0.15, -0.1) is 0 Å². The number of nitro groups is 1. The van der Waals surface area contributed by atoms with Gasteiger partial charge in [-0.3, -0.25) is 19.6 Å². The van der Waals surface area contributed by atoms with Crippen LogP contribution in [0, 0.1) is 24.0 Å². The molecule has 0 aliphatic carbocycles. The lowest BCUT2D eigenvalue weighted by Crippen LogP contribution is -2.24. The van der Waals surface area contributed by atoms with Crippen molar-refractivity contribution in [3.05, 3.63) is 51.0 Å². The van der Waals surface area contributed by atoms with Gasteiger partial charge in [0.2, 0.25) is 5.91 Å². The Labute approximate surface area is 139 Å². The maximum absolute atomic E-state index is 12.2. The maximum Gasteiger partial charge on any atom is 0.433 e. The van der Waals surface area contributed by atoms with Crippen LogP contribution in [0.25, 0.3) is 6.08 Å². The SMILES string of the molecule is CCn1nc(C)c(CN(C)C(=O)/C=C/c2ccc([N+](=O)[O-])o2)c1C. The number of rotatable bonds is 6. The van der Waals surface area contributed by atoms with E-state index in [-0.39, 0.29) is 17.6 Å². The summed E-state index contributed by atoms with van der Waals surface area (Å²) in [7, 11) is 1.69. The van der Waals surface area contributed by atoms with Crippen molar-refractivity contribution >= 4 is 17.9 Å². The summed E-state index contributed by atoms with van der Waals surface area (Å²) in [5.74, 6) is -0.319. The van der Waals surface area contributed by atoms with Crippen molar-refractivity contribution in [2.45, 2.75) is 33.9 Å². The molecule has 0 atom stereocenters. The Morgan fingerprint density at radius 1 is 1.46 bits per heavy atom. The molecule has 0 aliphatic heterocycles. The van der Waals surface area contributed by atoms with Crippen LogP contribution in [0.1, 0.15) is 29.6 Å². The average molecular weight is 332 g/mol. The summed E-state index contributed by atoms with van der Waals surface area (Å²) in [5.41, 5.74) is 2.97. The maximum atomic E-state index is 12.2. The number of aromatic nitrogens is 2. The largest absolute Gasteiger partial charge is 0.433 e. The van der Waals surface area contributed by atoms with E-state index in [1.165, 1.54) is 24.3 Å². The topological polar surface area (TPSA) is 94.4 Å². The molecule has 0 saturated carbocycles. The highest BCUT2D eigenvalue weighted by Gasteiger charge is 2.15. The highest BCUT2D eigenvalue weighted by molar-refractivity contribution is 5.91. The molecule has 0 unspecified atom stereocenters. The number of hydrogen-bond donors (Lipinski definition) is 0. The Hall–Kier alpha value is -2.90. The first-order chi connectivity index (χ1) is 11.3. The fraction of sp³-hybridized carbons (Fsp3) is 0.375. The van der Waals surface area contributed by atoms with E-state index in [1.807, 2.05) is 25.5 Å². The number of furan rings is 1. The number of carbonyl (C=O) groups excluding carboxylic acids is 1. The number of nitrogens with zero attached hydrogens (tertiary/aromatic N) is 4. The molecule has 0 aliphatic rings.